The maximum atomic E-state index is 13.2. The number of amides is 3. The summed E-state index contributed by atoms with van der Waals surface area (Å²) >= 11 is 1.68. The number of urea groups is 1. The largest absolute Gasteiger partial charge is 0.491 e. The first-order valence-electron chi connectivity index (χ1n) is 10.2. The standard InChI is InChI=1S/C22H28FN3O3S/c1-4-24-22(28)26(15(2)3)13-21(27)25-11-9-20-18(10-12-30-20)19(25)14-29-17-7-5-16(23)6-8-17/h5-8,10,12,15,19H,4,9,11,13-14H2,1-3H3,(H,24,28). The minimum absolute atomic E-state index is 0.00994. The van der Waals surface area contributed by atoms with Crippen LogP contribution >= 0.6 is 11.3 Å². The van der Waals surface area contributed by atoms with E-state index in [9.17, 15) is 14.0 Å². The molecule has 8 heteroatoms. The Morgan fingerprint density at radius 1 is 1.30 bits per heavy atom. The molecule has 6 nitrogen and oxygen atoms in total. The number of fused-ring (bicyclic) bond motifs is 1. The SMILES string of the molecule is CCNC(=O)N(CC(=O)N1CCc2sccc2C1COc1ccc(F)cc1)C(C)C. The molecule has 0 bridgehead atoms. The molecule has 1 atom stereocenters. The van der Waals surface area contributed by atoms with E-state index in [1.807, 2.05) is 32.2 Å². The van der Waals surface area contributed by atoms with E-state index in [1.54, 1.807) is 33.3 Å². The highest BCUT2D eigenvalue weighted by Crippen LogP contribution is 2.34. The molecule has 30 heavy (non-hydrogen) atoms. The molecule has 3 rings (SSSR count). The van der Waals surface area contributed by atoms with E-state index >= 15 is 0 Å². The quantitative estimate of drug-likeness (QED) is 0.722. The average molecular weight is 434 g/mol. The molecule has 2 heterocycles. The van der Waals surface area contributed by atoms with Crippen molar-refractivity contribution in [3.63, 3.8) is 0 Å². The van der Waals surface area contributed by atoms with Gasteiger partial charge in [0.05, 0.1) is 6.04 Å². The van der Waals surface area contributed by atoms with Gasteiger partial charge in [-0.15, -0.1) is 11.3 Å². The Bertz CT molecular complexity index is 869. The molecular weight excluding hydrogens is 405 g/mol. The molecule has 162 valence electrons. The van der Waals surface area contributed by atoms with Crippen LogP contribution in [-0.2, 0) is 11.2 Å². The molecule has 1 aromatic carbocycles. The van der Waals surface area contributed by atoms with E-state index in [-0.39, 0.29) is 43.0 Å². The van der Waals surface area contributed by atoms with Gasteiger partial charge in [0.25, 0.3) is 0 Å². The summed E-state index contributed by atoms with van der Waals surface area (Å²) < 4.78 is 19.1. The average Bonchev–Trinajstić information content (AvgIpc) is 3.20. The highest BCUT2D eigenvalue weighted by Gasteiger charge is 2.33. The summed E-state index contributed by atoms with van der Waals surface area (Å²) in [5.74, 6) is 0.118. The summed E-state index contributed by atoms with van der Waals surface area (Å²) in [6, 6.07) is 7.29. The lowest BCUT2D eigenvalue weighted by molar-refractivity contribution is -0.135. The molecule has 0 radical (unpaired) electrons. The van der Waals surface area contributed by atoms with Crippen molar-refractivity contribution in [2.45, 2.75) is 39.3 Å². The lowest BCUT2D eigenvalue weighted by Gasteiger charge is -2.37. The predicted molar refractivity (Wildman–Crippen MR) is 115 cm³/mol. The minimum atomic E-state index is -0.323. The second-order valence-electron chi connectivity index (χ2n) is 7.47. The highest BCUT2D eigenvalue weighted by molar-refractivity contribution is 7.10. The van der Waals surface area contributed by atoms with Gasteiger partial charge < -0.3 is 19.9 Å². The first-order valence-corrected chi connectivity index (χ1v) is 11.1. The number of ether oxygens (including phenoxy) is 1. The predicted octanol–water partition coefficient (Wildman–Crippen LogP) is 3.83. The van der Waals surface area contributed by atoms with Gasteiger partial charge in [0.15, 0.2) is 0 Å². The molecule has 1 aliphatic rings. The summed E-state index contributed by atoms with van der Waals surface area (Å²) in [6.45, 7) is 7.00. The Hall–Kier alpha value is -2.61. The molecule has 1 N–H and O–H groups in total. The topological polar surface area (TPSA) is 61.9 Å². The molecule has 1 aliphatic heterocycles. The fourth-order valence-corrected chi connectivity index (χ4v) is 4.49. The van der Waals surface area contributed by atoms with E-state index in [0.717, 1.165) is 12.0 Å². The molecular formula is C22H28FN3O3S. The number of hydrogen-bond donors (Lipinski definition) is 1. The molecule has 3 amide bonds. The number of carbonyl (C=O) groups excluding carboxylic acids is 2. The van der Waals surface area contributed by atoms with E-state index in [2.05, 4.69) is 5.32 Å². The van der Waals surface area contributed by atoms with Gasteiger partial charge in [0.2, 0.25) is 5.91 Å². The third-order valence-electron chi connectivity index (χ3n) is 5.15. The van der Waals surface area contributed by atoms with Crippen molar-refractivity contribution in [2.75, 3.05) is 26.2 Å². The van der Waals surface area contributed by atoms with Crippen molar-refractivity contribution in [3.05, 3.63) is 52.0 Å². The number of benzene rings is 1. The van der Waals surface area contributed by atoms with Gasteiger partial charge in [0, 0.05) is 24.0 Å². The van der Waals surface area contributed by atoms with Crippen molar-refractivity contribution in [1.29, 1.82) is 0 Å². The second kappa shape index (κ2) is 9.93. The zero-order valence-corrected chi connectivity index (χ0v) is 18.4. The summed E-state index contributed by atoms with van der Waals surface area (Å²) in [7, 11) is 0. The first kappa shape index (κ1) is 22.1. The Kier molecular flexibility index (Phi) is 7.31. The van der Waals surface area contributed by atoms with E-state index in [4.69, 9.17) is 4.74 Å². The van der Waals surface area contributed by atoms with Crippen LogP contribution in [0.4, 0.5) is 9.18 Å². The Labute approximate surface area is 180 Å². The number of hydrogen-bond acceptors (Lipinski definition) is 4. The summed E-state index contributed by atoms with van der Waals surface area (Å²) in [5.41, 5.74) is 1.08. The van der Waals surface area contributed by atoms with Crippen LogP contribution in [0.1, 0.15) is 37.3 Å². The lowest BCUT2D eigenvalue weighted by Crippen LogP contribution is -2.51. The number of halogens is 1. The molecule has 0 saturated carbocycles. The summed E-state index contributed by atoms with van der Waals surface area (Å²) in [6.07, 6.45) is 0.786. The molecule has 1 unspecified atom stereocenters. The van der Waals surface area contributed by atoms with Gasteiger partial charge in [0.1, 0.15) is 24.7 Å². The second-order valence-corrected chi connectivity index (χ2v) is 8.47. The molecule has 0 fully saturated rings. The van der Waals surface area contributed by atoms with Gasteiger partial charge in [-0.1, -0.05) is 0 Å². The van der Waals surface area contributed by atoms with Crippen molar-refractivity contribution < 1.29 is 18.7 Å². The van der Waals surface area contributed by atoms with Crippen LogP contribution in [0.2, 0.25) is 0 Å². The van der Waals surface area contributed by atoms with Crippen LogP contribution in [0.25, 0.3) is 0 Å². The van der Waals surface area contributed by atoms with Gasteiger partial charge in [-0.05, 0) is 68.5 Å². The highest BCUT2D eigenvalue weighted by atomic mass is 32.1. The van der Waals surface area contributed by atoms with Crippen molar-refractivity contribution in [1.82, 2.24) is 15.1 Å². The number of carbonyl (C=O) groups is 2. The summed E-state index contributed by atoms with van der Waals surface area (Å²) in [4.78, 5) is 30.2. The maximum absolute atomic E-state index is 13.2. The molecule has 0 saturated heterocycles. The minimum Gasteiger partial charge on any atom is -0.491 e. The van der Waals surface area contributed by atoms with E-state index in [1.165, 1.54) is 17.0 Å². The normalized spacial score (nSPS) is 15.6. The zero-order chi connectivity index (χ0) is 21.7. The van der Waals surface area contributed by atoms with Crippen LogP contribution in [0.3, 0.4) is 0 Å². The monoisotopic (exact) mass is 433 g/mol. The van der Waals surface area contributed by atoms with Crippen molar-refractivity contribution >= 4 is 23.3 Å². The van der Waals surface area contributed by atoms with Crippen molar-refractivity contribution in [2.24, 2.45) is 0 Å². The number of thiophene rings is 1. The third kappa shape index (κ3) is 5.11. The first-order chi connectivity index (χ1) is 14.4. The van der Waals surface area contributed by atoms with Crippen LogP contribution in [-0.4, -0.2) is 54.0 Å². The third-order valence-corrected chi connectivity index (χ3v) is 6.15. The number of nitrogens with one attached hydrogen (secondary N) is 1. The van der Waals surface area contributed by atoms with Crippen LogP contribution in [0.5, 0.6) is 5.75 Å². The van der Waals surface area contributed by atoms with Gasteiger partial charge in [-0.3, -0.25) is 4.79 Å². The Morgan fingerprint density at radius 2 is 2.03 bits per heavy atom. The Morgan fingerprint density at radius 3 is 2.70 bits per heavy atom. The number of rotatable bonds is 7. The lowest BCUT2D eigenvalue weighted by atomic mass is 10.0. The van der Waals surface area contributed by atoms with Crippen molar-refractivity contribution in [3.8, 4) is 5.75 Å². The smallest absolute Gasteiger partial charge is 0.318 e. The van der Waals surface area contributed by atoms with Gasteiger partial charge >= 0.3 is 6.03 Å². The maximum Gasteiger partial charge on any atom is 0.318 e. The molecule has 0 aliphatic carbocycles. The van der Waals surface area contributed by atoms with Crippen LogP contribution in [0, 0.1) is 5.82 Å². The molecule has 2 aromatic rings. The molecule has 0 spiro atoms. The Balaban J connectivity index is 1.76. The van der Waals surface area contributed by atoms with Crippen LogP contribution in [0.15, 0.2) is 35.7 Å². The van der Waals surface area contributed by atoms with Gasteiger partial charge in [-0.25, -0.2) is 9.18 Å². The fraction of sp³-hybridized carbons (Fsp3) is 0.455. The molecule has 1 aromatic heterocycles. The summed E-state index contributed by atoms with van der Waals surface area (Å²) in [5, 5.41) is 4.80. The zero-order valence-electron chi connectivity index (χ0n) is 17.6. The van der Waals surface area contributed by atoms with Gasteiger partial charge in [-0.2, -0.15) is 0 Å². The van der Waals surface area contributed by atoms with E-state index < -0.39 is 0 Å². The van der Waals surface area contributed by atoms with E-state index in [0.29, 0.717) is 18.8 Å². The fourth-order valence-electron chi connectivity index (χ4n) is 3.56. The number of nitrogens with zero attached hydrogens (tertiary/aromatic N) is 2. The van der Waals surface area contributed by atoms with Crippen LogP contribution < -0.4 is 10.1 Å².